The molecular formula is C19H26FN5O. The molecule has 0 N–H and O–H groups in total. The van der Waals surface area contributed by atoms with Gasteiger partial charge in [0.1, 0.15) is 18.5 Å². The molecule has 0 spiro atoms. The van der Waals surface area contributed by atoms with Crippen LogP contribution in [0.25, 0.3) is 0 Å². The molecule has 2 heterocycles. The van der Waals surface area contributed by atoms with Crippen LogP contribution in [0.3, 0.4) is 0 Å². The number of halogens is 1. The highest BCUT2D eigenvalue weighted by Gasteiger charge is 2.31. The maximum atomic E-state index is 13.2. The molecule has 2 aromatic rings. The van der Waals surface area contributed by atoms with E-state index in [1.807, 2.05) is 9.58 Å². The van der Waals surface area contributed by atoms with Crippen molar-refractivity contribution >= 4 is 5.91 Å². The molecule has 0 unspecified atom stereocenters. The number of carbonyl (C=O) groups is 1. The summed E-state index contributed by atoms with van der Waals surface area (Å²) < 4.78 is 15.0. The Morgan fingerprint density at radius 1 is 1.23 bits per heavy atom. The Balaban J connectivity index is 1.69. The van der Waals surface area contributed by atoms with Gasteiger partial charge in [0.05, 0.1) is 6.54 Å². The molecule has 0 radical (unpaired) electrons. The van der Waals surface area contributed by atoms with E-state index >= 15 is 0 Å². The summed E-state index contributed by atoms with van der Waals surface area (Å²) in [5.41, 5.74) is 0.960. The Labute approximate surface area is 153 Å². The Hall–Kier alpha value is -2.28. The monoisotopic (exact) mass is 359 g/mol. The van der Waals surface area contributed by atoms with E-state index in [2.05, 4.69) is 28.8 Å². The van der Waals surface area contributed by atoms with Crippen molar-refractivity contribution < 1.29 is 9.18 Å². The van der Waals surface area contributed by atoms with E-state index in [9.17, 15) is 9.18 Å². The molecule has 1 aliphatic rings. The predicted molar refractivity (Wildman–Crippen MR) is 96.7 cm³/mol. The highest BCUT2D eigenvalue weighted by Crippen LogP contribution is 2.21. The largest absolute Gasteiger partial charge is 0.334 e. The summed E-state index contributed by atoms with van der Waals surface area (Å²) in [5, 5.41) is 4.14. The highest BCUT2D eigenvalue weighted by molar-refractivity contribution is 5.77. The van der Waals surface area contributed by atoms with E-state index < -0.39 is 0 Å². The van der Waals surface area contributed by atoms with Crippen molar-refractivity contribution in [3.05, 3.63) is 48.3 Å². The van der Waals surface area contributed by atoms with Crippen LogP contribution in [-0.4, -0.2) is 56.1 Å². The summed E-state index contributed by atoms with van der Waals surface area (Å²) in [6.45, 7) is 8.00. The molecule has 0 bridgehead atoms. The second-order valence-corrected chi connectivity index (χ2v) is 7.17. The third-order valence-electron chi connectivity index (χ3n) is 4.96. The van der Waals surface area contributed by atoms with Crippen molar-refractivity contribution in [3.8, 4) is 0 Å². The fraction of sp³-hybridized carbons (Fsp3) is 0.526. The maximum Gasteiger partial charge on any atom is 0.224 e. The Kier molecular flexibility index (Phi) is 5.98. The molecule has 0 aliphatic carbocycles. The summed E-state index contributed by atoms with van der Waals surface area (Å²) in [6.07, 6.45) is 3.75. The van der Waals surface area contributed by atoms with Crippen molar-refractivity contribution in [3.63, 3.8) is 0 Å². The number of rotatable bonds is 6. The molecule has 0 saturated carbocycles. The lowest BCUT2D eigenvalue weighted by Gasteiger charge is -2.35. The second kappa shape index (κ2) is 8.40. The molecule has 26 heavy (non-hydrogen) atoms. The van der Waals surface area contributed by atoms with Gasteiger partial charge >= 0.3 is 0 Å². The zero-order chi connectivity index (χ0) is 18.5. The molecule has 3 rings (SSSR count). The van der Waals surface area contributed by atoms with Gasteiger partial charge in [-0.1, -0.05) is 26.0 Å². The summed E-state index contributed by atoms with van der Waals surface area (Å²) in [5.74, 6) is 0.248. The van der Waals surface area contributed by atoms with Crippen LogP contribution in [0, 0.1) is 11.7 Å². The molecule has 1 aromatic carbocycles. The van der Waals surface area contributed by atoms with Gasteiger partial charge in [0, 0.05) is 38.6 Å². The van der Waals surface area contributed by atoms with Gasteiger partial charge in [0.15, 0.2) is 0 Å². The van der Waals surface area contributed by atoms with Crippen LogP contribution in [-0.2, 0) is 17.9 Å². The maximum absolute atomic E-state index is 13.2. The first kappa shape index (κ1) is 18.5. The predicted octanol–water partition coefficient (Wildman–Crippen LogP) is 2.18. The third-order valence-corrected chi connectivity index (χ3v) is 4.96. The van der Waals surface area contributed by atoms with Crippen LogP contribution in [0.4, 0.5) is 4.39 Å². The number of amides is 1. The van der Waals surface area contributed by atoms with Crippen molar-refractivity contribution in [2.45, 2.75) is 39.4 Å². The molecule has 1 amide bonds. The number of hydrogen-bond acceptors (Lipinski definition) is 4. The minimum atomic E-state index is -0.254. The van der Waals surface area contributed by atoms with E-state index in [1.165, 1.54) is 18.5 Å². The summed E-state index contributed by atoms with van der Waals surface area (Å²) in [7, 11) is 0. The van der Waals surface area contributed by atoms with Crippen LogP contribution in [0.15, 0.2) is 36.9 Å². The van der Waals surface area contributed by atoms with Crippen molar-refractivity contribution in [1.82, 2.24) is 24.6 Å². The molecule has 1 aromatic heterocycles. The van der Waals surface area contributed by atoms with Crippen LogP contribution in [0.1, 0.15) is 25.8 Å². The molecule has 140 valence electrons. The minimum absolute atomic E-state index is 0.130. The lowest BCUT2D eigenvalue weighted by atomic mass is 10.0. The zero-order valence-corrected chi connectivity index (χ0v) is 15.4. The fourth-order valence-corrected chi connectivity index (χ4v) is 3.39. The van der Waals surface area contributed by atoms with Gasteiger partial charge in [-0.15, -0.1) is 0 Å². The quantitative estimate of drug-likeness (QED) is 0.793. The van der Waals surface area contributed by atoms with Crippen LogP contribution in [0.5, 0.6) is 0 Å². The van der Waals surface area contributed by atoms with E-state index in [0.29, 0.717) is 18.9 Å². The van der Waals surface area contributed by atoms with Crippen LogP contribution < -0.4 is 0 Å². The highest BCUT2D eigenvalue weighted by atomic mass is 19.1. The Morgan fingerprint density at radius 2 is 2.00 bits per heavy atom. The average molecular weight is 359 g/mol. The van der Waals surface area contributed by atoms with Crippen LogP contribution >= 0.6 is 0 Å². The molecule has 6 nitrogen and oxygen atoms in total. The number of aromatic nitrogens is 3. The standard InChI is InChI=1S/C19H26FN5O/c1-15(2)18-12-23(9-10-24-14-21-13-22-24)8-7-19(26)25(18)11-16-3-5-17(20)6-4-16/h3-6,13-15,18H,7-12H2,1-2H3/t18-/m0/s1. The van der Waals surface area contributed by atoms with Gasteiger partial charge in [-0.25, -0.2) is 9.37 Å². The third kappa shape index (κ3) is 4.66. The van der Waals surface area contributed by atoms with Gasteiger partial charge in [-0.2, -0.15) is 5.10 Å². The van der Waals surface area contributed by atoms with Crippen molar-refractivity contribution in [1.29, 1.82) is 0 Å². The normalized spacial score (nSPS) is 19.2. The zero-order valence-electron chi connectivity index (χ0n) is 15.4. The second-order valence-electron chi connectivity index (χ2n) is 7.17. The first-order valence-electron chi connectivity index (χ1n) is 9.11. The van der Waals surface area contributed by atoms with Gasteiger partial charge < -0.3 is 4.90 Å². The molecule has 1 atom stereocenters. The smallest absolute Gasteiger partial charge is 0.224 e. The van der Waals surface area contributed by atoms with Crippen molar-refractivity contribution in [2.24, 2.45) is 5.92 Å². The molecule has 1 aliphatic heterocycles. The van der Waals surface area contributed by atoms with Gasteiger partial charge in [-0.3, -0.25) is 14.4 Å². The lowest BCUT2D eigenvalue weighted by Crippen LogP contribution is -2.46. The number of hydrogen-bond donors (Lipinski definition) is 0. The van der Waals surface area contributed by atoms with Crippen molar-refractivity contribution in [2.75, 3.05) is 19.6 Å². The van der Waals surface area contributed by atoms with E-state index in [4.69, 9.17) is 0 Å². The van der Waals surface area contributed by atoms with E-state index in [0.717, 1.165) is 31.7 Å². The summed E-state index contributed by atoms with van der Waals surface area (Å²) in [6, 6.07) is 6.55. The number of benzene rings is 1. The topological polar surface area (TPSA) is 54.3 Å². The number of nitrogens with zero attached hydrogens (tertiary/aromatic N) is 5. The molecule has 1 fully saturated rings. The number of carbonyl (C=O) groups excluding carboxylic acids is 1. The SMILES string of the molecule is CC(C)[C@@H]1CN(CCn2cncn2)CCC(=O)N1Cc1ccc(F)cc1. The molecule has 1 saturated heterocycles. The summed E-state index contributed by atoms with van der Waals surface area (Å²) in [4.78, 5) is 21.0. The Bertz CT molecular complexity index is 701. The van der Waals surface area contributed by atoms with Gasteiger partial charge in [0.2, 0.25) is 5.91 Å². The molecular weight excluding hydrogens is 333 g/mol. The van der Waals surface area contributed by atoms with Gasteiger partial charge in [-0.05, 0) is 23.6 Å². The lowest BCUT2D eigenvalue weighted by molar-refractivity contribution is -0.134. The van der Waals surface area contributed by atoms with E-state index in [1.54, 1.807) is 18.5 Å². The van der Waals surface area contributed by atoms with E-state index in [-0.39, 0.29) is 17.8 Å². The first-order valence-corrected chi connectivity index (χ1v) is 9.11. The fourth-order valence-electron chi connectivity index (χ4n) is 3.39. The first-order chi connectivity index (χ1) is 12.5. The minimum Gasteiger partial charge on any atom is -0.334 e. The Morgan fingerprint density at radius 3 is 2.65 bits per heavy atom. The average Bonchev–Trinajstić information content (AvgIpc) is 3.08. The van der Waals surface area contributed by atoms with Gasteiger partial charge in [0.25, 0.3) is 0 Å². The summed E-state index contributed by atoms with van der Waals surface area (Å²) >= 11 is 0. The van der Waals surface area contributed by atoms with Crippen LogP contribution in [0.2, 0.25) is 0 Å². The molecule has 7 heteroatoms.